The molecule has 224 valence electrons. The van der Waals surface area contributed by atoms with Gasteiger partial charge in [0, 0.05) is 41.6 Å². The first-order chi connectivity index (χ1) is 20.9. The lowest BCUT2D eigenvalue weighted by Crippen LogP contribution is -2.56. The van der Waals surface area contributed by atoms with Gasteiger partial charge in [-0.3, -0.25) is 4.79 Å². The molecule has 3 aliphatic heterocycles. The number of hydrogen-bond donors (Lipinski definition) is 0. The maximum absolute atomic E-state index is 12.5. The van der Waals surface area contributed by atoms with Crippen LogP contribution in [0.2, 0.25) is 5.02 Å². The van der Waals surface area contributed by atoms with Crippen molar-refractivity contribution in [1.29, 1.82) is 0 Å². The highest BCUT2D eigenvalue weighted by molar-refractivity contribution is 6.35. The number of halogens is 1. The Kier molecular flexibility index (Phi) is 8.28. The van der Waals surface area contributed by atoms with E-state index in [1.165, 1.54) is 6.08 Å². The van der Waals surface area contributed by atoms with Crippen molar-refractivity contribution in [2.45, 2.75) is 44.1 Å². The lowest BCUT2D eigenvalue weighted by molar-refractivity contribution is -0.128. The number of rotatable bonds is 7. The number of ether oxygens (including phenoxy) is 3. The molecule has 0 radical (unpaired) electrons. The third-order valence-electron chi connectivity index (χ3n) is 8.58. The molecule has 2 aromatic carbocycles. The van der Waals surface area contributed by atoms with E-state index < -0.39 is 12.2 Å². The Morgan fingerprint density at radius 2 is 2.00 bits per heavy atom. The van der Waals surface area contributed by atoms with Crippen LogP contribution in [0.1, 0.15) is 31.4 Å². The molecule has 4 heterocycles. The summed E-state index contributed by atoms with van der Waals surface area (Å²) in [6.45, 7) is 16.0. The summed E-state index contributed by atoms with van der Waals surface area (Å²) in [5.74, 6) is 1.05. The van der Waals surface area contributed by atoms with Crippen LogP contribution in [0.25, 0.3) is 15.6 Å². The molecule has 11 heteroatoms. The minimum atomic E-state index is -0.482. The van der Waals surface area contributed by atoms with Gasteiger partial charge < -0.3 is 33.8 Å². The smallest absolute Gasteiger partial charge is 0.322 e. The molecule has 43 heavy (non-hydrogen) atoms. The molecule has 4 atom stereocenters. The zero-order valence-electron chi connectivity index (χ0n) is 24.4. The predicted molar refractivity (Wildman–Crippen MR) is 165 cm³/mol. The van der Waals surface area contributed by atoms with Gasteiger partial charge in [-0.05, 0) is 50.9 Å². The molecule has 6 rings (SSSR count). The normalized spacial score (nSPS) is 23.7. The number of aromatic nitrogens is 2. The van der Waals surface area contributed by atoms with E-state index in [1.807, 2.05) is 48.2 Å². The van der Waals surface area contributed by atoms with Gasteiger partial charge in [0.05, 0.1) is 0 Å². The molecule has 10 nitrogen and oxygen atoms in total. The molecule has 1 amide bonds. The largest absolute Gasteiger partial charge is 0.478 e. The van der Waals surface area contributed by atoms with Crippen LogP contribution in [0, 0.1) is 6.57 Å². The average molecular weight is 603 g/mol. The van der Waals surface area contributed by atoms with Crippen molar-refractivity contribution in [1.82, 2.24) is 19.8 Å². The molecule has 2 saturated heterocycles. The molecule has 0 saturated carbocycles. The van der Waals surface area contributed by atoms with Gasteiger partial charge in [0.15, 0.2) is 11.9 Å². The first kappa shape index (κ1) is 29.0. The molecule has 0 spiro atoms. The zero-order valence-corrected chi connectivity index (χ0v) is 25.2. The first-order valence-corrected chi connectivity index (χ1v) is 15.0. The van der Waals surface area contributed by atoms with E-state index in [2.05, 4.69) is 23.4 Å². The topological polar surface area (TPSA) is 84.6 Å². The average Bonchev–Trinajstić information content (AvgIpc) is 3.43. The second-order valence-electron chi connectivity index (χ2n) is 11.3. The number of benzene rings is 2. The van der Waals surface area contributed by atoms with Crippen molar-refractivity contribution < 1.29 is 19.0 Å². The van der Waals surface area contributed by atoms with Crippen LogP contribution in [0.4, 0.5) is 5.82 Å². The Bertz CT molecular complexity index is 1570. The number of carbonyl (C=O) groups excluding carboxylic acids is 1. The third kappa shape index (κ3) is 5.67. The first-order valence-electron chi connectivity index (χ1n) is 14.6. The molecule has 0 aliphatic carbocycles. The number of likely N-dealkylation sites (N-methyl/N-ethyl adjacent to an activating group) is 1. The van der Waals surface area contributed by atoms with Crippen LogP contribution in [0.3, 0.4) is 0 Å². The summed E-state index contributed by atoms with van der Waals surface area (Å²) >= 11 is 6.67. The van der Waals surface area contributed by atoms with E-state index in [-0.39, 0.29) is 30.5 Å². The fourth-order valence-corrected chi connectivity index (χ4v) is 6.57. The molecule has 0 N–H and O–H groups in total. The van der Waals surface area contributed by atoms with Crippen LogP contribution >= 0.6 is 11.6 Å². The fourth-order valence-electron chi connectivity index (χ4n) is 6.28. The Morgan fingerprint density at radius 3 is 2.74 bits per heavy atom. The summed E-state index contributed by atoms with van der Waals surface area (Å²) in [6, 6.07) is 12.0. The highest BCUT2D eigenvalue weighted by atomic mass is 35.5. The van der Waals surface area contributed by atoms with Crippen molar-refractivity contribution in [3.05, 3.63) is 71.1 Å². The van der Waals surface area contributed by atoms with Gasteiger partial charge in [-0.15, -0.1) is 0 Å². The molecule has 1 aromatic heterocycles. The van der Waals surface area contributed by atoms with E-state index >= 15 is 0 Å². The Morgan fingerprint density at radius 1 is 1.19 bits per heavy atom. The zero-order chi connectivity index (χ0) is 30.1. The monoisotopic (exact) mass is 602 g/mol. The van der Waals surface area contributed by atoms with Gasteiger partial charge >= 0.3 is 6.01 Å². The number of hydrogen-bond acceptors (Lipinski definition) is 8. The number of likely N-dealkylation sites (tertiary alicyclic amines) is 1. The van der Waals surface area contributed by atoms with Gasteiger partial charge in [0.25, 0.3) is 5.88 Å². The van der Waals surface area contributed by atoms with Crippen LogP contribution in [0.5, 0.6) is 17.6 Å². The van der Waals surface area contributed by atoms with E-state index in [0.717, 1.165) is 35.7 Å². The second kappa shape index (κ2) is 12.3. The molecule has 0 bridgehead atoms. The summed E-state index contributed by atoms with van der Waals surface area (Å²) in [5.41, 5.74) is 0.908. The highest BCUT2D eigenvalue weighted by Gasteiger charge is 2.39. The second-order valence-corrected chi connectivity index (χ2v) is 11.7. The molecular weight excluding hydrogens is 568 g/mol. The van der Waals surface area contributed by atoms with Crippen LogP contribution < -0.4 is 19.1 Å². The van der Waals surface area contributed by atoms with Crippen molar-refractivity contribution in [2.75, 3.05) is 51.3 Å². The summed E-state index contributed by atoms with van der Waals surface area (Å²) < 4.78 is 19.4. The lowest BCUT2D eigenvalue weighted by Gasteiger charge is -2.41. The molecule has 2 fully saturated rings. The van der Waals surface area contributed by atoms with Crippen molar-refractivity contribution in [2.24, 2.45) is 0 Å². The van der Waals surface area contributed by atoms with Crippen LogP contribution in [-0.2, 0) is 4.79 Å². The molecular formula is C32H35ClN6O4. The van der Waals surface area contributed by atoms with Gasteiger partial charge in [-0.2, -0.15) is 9.97 Å². The fraction of sp³-hybridized carbons (Fsp3) is 0.438. The van der Waals surface area contributed by atoms with Crippen molar-refractivity contribution in [3.63, 3.8) is 0 Å². The van der Waals surface area contributed by atoms with E-state index in [1.54, 1.807) is 4.90 Å². The summed E-state index contributed by atoms with van der Waals surface area (Å²) in [5, 5.41) is 2.56. The third-order valence-corrected chi connectivity index (χ3v) is 8.89. The molecule has 3 aromatic rings. The number of nitrogens with zero attached hydrogens (tertiary/aromatic N) is 6. The standard InChI is InChI=1S/C32H35ClN6O4/c1-5-26(40)39-16-15-38(18-23(39)17-34-3)30-29-31(36-32(35-30)41-19-22-11-8-14-37(22)4)43-28(20(2)42-29)24-12-6-9-21-10-7-13-25(33)27(21)24/h5-7,9-10,12-13,20,22-23,28H,1,8,11,14-19H2,2,4H3/t20-,22+,23+,28?/m1/s1. The van der Waals surface area contributed by atoms with Gasteiger partial charge in [-0.25, -0.2) is 6.57 Å². The minimum Gasteiger partial charge on any atom is -0.478 e. The summed E-state index contributed by atoms with van der Waals surface area (Å²) in [6.07, 6.45) is 2.60. The van der Waals surface area contributed by atoms with Gasteiger partial charge in [-0.1, -0.05) is 48.5 Å². The van der Waals surface area contributed by atoms with Crippen LogP contribution in [0.15, 0.2) is 49.1 Å². The Balaban J connectivity index is 1.37. The van der Waals surface area contributed by atoms with Gasteiger partial charge in [0.2, 0.25) is 18.2 Å². The molecule has 3 aliphatic rings. The van der Waals surface area contributed by atoms with Crippen LogP contribution in [-0.4, -0.2) is 90.2 Å². The maximum atomic E-state index is 12.5. The predicted octanol–water partition coefficient (Wildman–Crippen LogP) is 4.78. The number of piperazine rings is 1. The Hall–Kier alpha value is -4.07. The SMILES string of the molecule is [C-]#[N+]C[C@H]1CN(c2nc(OC[C@@H]3CCCN3C)nc3c2O[C@H](C)C(c2cccc4cccc(Cl)c24)O3)CCN1C(=O)C=C. The summed E-state index contributed by atoms with van der Waals surface area (Å²) in [7, 11) is 2.10. The van der Waals surface area contributed by atoms with Gasteiger partial charge in [0.1, 0.15) is 18.8 Å². The quantitative estimate of drug-likeness (QED) is 0.282. The maximum Gasteiger partial charge on any atom is 0.322 e. The van der Waals surface area contributed by atoms with E-state index in [0.29, 0.717) is 48.7 Å². The van der Waals surface area contributed by atoms with E-state index in [9.17, 15) is 4.79 Å². The number of anilines is 1. The lowest BCUT2D eigenvalue weighted by atomic mass is 9.97. The number of fused-ring (bicyclic) bond motifs is 2. The Labute approximate surface area is 256 Å². The summed E-state index contributed by atoms with van der Waals surface area (Å²) in [4.78, 5) is 31.7. The number of carbonyl (C=O) groups is 1. The number of amides is 1. The molecule has 1 unspecified atom stereocenters. The minimum absolute atomic E-state index is 0.165. The van der Waals surface area contributed by atoms with Crippen molar-refractivity contribution in [3.8, 4) is 17.6 Å². The highest BCUT2D eigenvalue weighted by Crippen LogP contribution is 2.46. The van der Waals surface area contributed by atoms with E-state index in [4.69, 9.17) is 42.4 Å². The van der Waals surface area contributed by atoms with Crippen molar-refractivity contribution >= 4 is 34.1 Å².